The van der Waals surface area contributed by atoms with Gasteiger partial charge in [-0.05, 0) is 37.8 Å². The number of hydrogen-bond acceptors (Lipinski definition) is 6. The van der Waals surface area contributed by atoms with Crippen molar-refractivity contribution in [3.8, 4) is 0 Å². The summed E-state index contributed by atoms with van der Waals surface area (Å²) < 4.78 is 0. The number of aryl methyl sites for hydroxylation is 1. The average molecular weight is 395 g/mol. The first kappa shape index (κ1) is 19.6. The van der Waals surface area contributed by atoms with Crippen molar-refractivity contribution in [2.24, 2.45) is 0 Å². The third kappa shape index (κ3) is 4.67. The summed E-state index contributed by atoms with van der Waals surface area (Å²) in [7, 11) is 1.94. The number of amides is 1. The van der Waals surface area contributed by atoms with Gasteiger partial charge in [-0.15, -0.1) is 0 Å². The number of benzene rings is 1. The van der Waals surface area contributed by atoms with Crippen LogP contribution in [0.25, 0.3) is 0 Å². The topological polar surface area (TPSA) is 73.4 Å². The molecule has 0 radical (unpaired) electrons. The van der Waals surface area contributed by atoms with E-state index in [1.807, 2.05) is 22.9 Å². The fourth-order valence-electron chi connectivity index (χ4n) is 4.23. The summed E-state index contributed by atoms with van der Waals surface area (Å²) in [5, 5.41) is 6.92. The number of nitrogens with zero attached hydrogens (tertiary/aromatic N) is 4. The van der Waals surface area contributed by atoms with Gasteiger partial charge in [0.1, 0.15) is 18.0 Å². The van der Waals surface area contributed by atoms with Crippen molar-refractivity contribution in [1.29, 1.82) is 0 Å². The zero-order valence-corrected chi connectivity index (χ0v) is 17.1. The summed E-state index contributed by atoms with van der Waals surface area (Å²) in [6.45, 7) is 3.65. The smallest absolute Gasteiger partial charge is 0.242 e. The molecule has 1 saturated heterocycles. The number of hydrogen-bond donors (Lipinski definition) is 2. The Morgan fingerprint density at radius 2 is 2.07 bits per heavy atom. The SMILES string of the molecule is CN1CC(=O)N(C2CCCNC2)Cc2c(NCCCc3ccccc3)ncnc21. The highest BCUT2D eigenvalue weighted by Crippen LogP contribution is 2.29. The molecule has 0 aliphatic carbocycles. The monoisotopic (exact) mass is 394 g/mol. The molecular weight excluding hydrogens is 364 g/mol. The number of fused-ring (bicyclic) bond motifs is 1. The van der Waals surface area contributed by atoms with Crippen LogP contribution in [0.15, 0.2) is 36.7 Å². The summed E-state index contributed by atoms with van der Waals surface area (Å²) in [5.74, 6) is 1.86. The predicted octanol–water partition coefficient (Wildman–Crippen LogP) is 2.05. The van der Waals surface area contributed by atoms with Crippen molar-refractivity contribution in [3.05, 3.63) is 47.8 Å². The molecule has 29 heavy (non-hydrogen) atoms. The first-order valence-corrected chi connectivity index (χ1v) is 10.6. The highest BCUT2D eigenvalue weighted by molar-refractivity contribution is 5.84. The van der Waals surface area contributed by atoms with Gasteiger partial charge < -0.3 is 20.4 Å². The van der Waals surface area contributed by atoms with E-state index in [1.165, 1.54) is 5.56 Å². The summed E-state index contributed by atoms with van der Waals surface area (Å²) >= 11 is 0. The molecule has 0 saturated carbocycles. The number of likely N-dealkylation sites (N-methyl/N-ethyl adjacent to an activating group) is 1. The Morgan fingerprint density at radius 1 is 1.21 bits per heavy atom. The molecule has 1 amide bonds. The Balaban J connectivity index is 1.47. The second kappa shape index (κ2) is 9.22. The molecule has 4 rings (SSSR count). The van der Waals surface area contributed by atoms with Gasteiger partial charge >= 0.3 is 0 Å². The zero-order chi connectivity index (χ0) is 20.1. The van der Waals surface area contributed by atoms with Gasteiger partial charge in [0.05, 0.1) is 18.7 Å². The maximum Gasteiger partial charge on any atom is 0.242 e. The van der Waals surface area contributed by atoms with Crippen LogP contribution in [-0.4, -0.2) is 60.0 Å². The number of carbonyl (C=O) groups excluding carboxylic acids is 1. The van der Waals surface area contributed by atoms with Crippen LogP contribution < -0.4 is 15.5 Å². The predicted molar refractivity (Wildman–Crippen MR) is 115 cm³/mol. The minimum absolute atomic E-state index is 0.161. The molecule has 2 aliphatic rings. The van der Waals surface area contributed by atoms with Crippen LogP contribution in [0.1, 0.15) is 30.4 Å². The molecule has 7 nitrogen and oxygen atoms in total. The normalized spacial score (nSPS) is 19.6. The summed E-state index contributed by atoms with van der Waals surface area (Å²) in [6, 6.07) is 10.8. The van der Waals surface area contributed by atoms with Crippen LogP contribution >= 0.6 is 0 Å². The number of carbonyl (C=O) groups is 1. The lowest BCUT2D eigenvalue weighted by Crippen LogP contribution is -2.49. The second-order valence-electron chi connectivity index (χ2n) is 7.92. The molecule has 2 aromatic rings. The van der Waals surface area contributed by atoms with E-state index >= 15 is 0 Å². The van der Waals surface area contributed by atoms with Gasteiger partial charge in [-0.3, -0.25) is 4.79 Å². The molecule has 0 bridgehead atoms. The third-order valence-corrected chi connectivity index (χ3v) is 5.79. The van der Waals surface area contributed by atoms with Crippen LogP contribution in [0.4, 0.5) is 11.6 Å². The number of aromatic nitrogens is 2. The minimum atomic E-state index is 0.161. The van der Waals surface area contributed by atoms with Crippen molar-refractivity contribution in [2.75, 3.05) is 43.4 Å². The van der Waals surface area contributed by atoms with Gasteiger partial charge in [0.2, 0.25) is 5.91 Å². The van der Waals surface area contributed by atoms with E-state index in [4.69, 9.17) is 0 Å². The van der Waals surface area contributed by atoms with Gasteiger partial charge in [0, 0.05) is 26.2 Å². The second-order valence-corrected chi connectivity index (χ2v) is 7.92. The molecule has 1 atom stereocenters. The molecule has 2 aliphatic heterocycles. The largest absolute Gasteiger partial charge is 0.370 e. The molecule has 0 spiro atoms. The van der Waals surface area contributed by atoms with E-state index in [0.717, 1.165) is 62.5 Å². The molecule has 3 heterocycles. The van der Waals surface area contributed by atoms with Crippen LogP contribution in [0.2, 0.25) is 0 Å². The fraction of sp³-hybridized carbons (Fsp3) is 0.500. The number of anilines is 2. The van der Waals surface area contributed by atoms with E-state index in [0.29, 0.717) is 13.1 Å². The summed E-state index contributed by atoms with van der Waals surface area (Å²) in [4.78, 5) is 25.9. The lowest BCUT2D eigenvalue weighted by atomic mass is 10.0. The molecule has 1 aromatic carbocycles. The molecule has 1 fully saturated rings. The highest BCUT2D eigenvalue weighted by Gasteiger charge is 2.32. The first-order valence-electron chi connectivity index (χ1n) is 10.6. The Bertz CT molecular complexity index is 821. The highest BCUT2D eigenvalue weighted by atomic mass is 16.2. The van der Waals surface area contributed by atoms with E-state index in [9.17, 15) is 4.79 Å². The van der Waals surface area contributed by atoms with E-state index in [1.54, 1.807) is 6.33 Å². The van der Waals surface area contributed by atoms with Crippen molar-refractivity contribution in [2.45, 2.75) is 38.3 Å². The lowest BCUT2D eigenvalue weighted by molar-refractivity contribution is -0.132. The van der Waals surface area contributed by atoms with Crippen molar-refractivity contribution in [3.63, 3.8) is 0 Å². The zero-order valence-electron chi connectivity index (χ0n) is 17.1. The van der Waals surface area contributed by atoms with Crippen LogP contribution in [-0.2, 0) is 17.8 Å². The average Bonchev–Trinajstić information content (AvgIpc) is 2.89. The summed E-state index contributed by atoms with van der Waals surface area (Å²) in [5.41, 5.74) is 2.36. The van der Waals surface area contributed by atoms with Gasteiger partial charge in [0.15, 0.2) is 0 Å². The first-order chi connectivity index (χ1) is 14.2. The van der Waals surface area contributed by atoms with Crippen LogP contribution in [0, 0.1) is 0 Å². The maximum absolute atomic E-state index is 12.9. The van der Waals surface area contributed by atoms with Gasteiger partial charge in [-0.25, -0.2) is 9.97 Å². The third-order valence-electron chi connectivity index (χ3n) is 5.79. The van der Waals surface area contributed by atoms with Crippen molar-refractivity contribution < 1.29 is 4.79 Å². The Labute approximate surface area is 172 Å². The molecular formula is C22H30N6O. The Morgan fingerprint density at radius 3 is 2.86 bits per heavy atom. The number of nitrogens with one attached hydrogen (secondary N) is 2. The summed E-state index contributed by atoms with van der Waals surface area (Å²) in [6.07, 6.45) is 5.79. The quantitative estimate of drug-likeness (QED) is 0.731. The van der Waals surface area contributed by atoms with Crippen molar-refractivity contribution >= 4 is 17.5 Å². The van der Waals surface area contributed by atoms with Gasteiger partial charge in [-0.1, -0.05) is 30.3 Å². The maximum atomic E-state index is 12.9. The standard InChI is InChI=1S/C22H30N6O/c1-27-15-20(29)28(18-10-6-11-23-13-18)14-19-21(25-16-26-22(19)27)24-12-5-9-17-7-3-2-4-8-17/h2-4,7-8,16,18,23H,5-6,9-15H2,1H3,(H,24,25,26). The minimum Gasteiger partial charge on any atom is -0.370 e. The molecule has 1 unspecified atom stereocenters. The molecule has 1 aromatic heterocycles. The molecule has 2 N–H and O–H groups in total. The number of piperidine rings is 1. The lowest BCUT2D eigenvalue weighted by Gasteiger charge is -2.34. The molecule has 154 valence electrons. The van der Waals surface area contributed by atoms with E-state index < -0.39 is 0 Å². The van der Waals surface area contributed by atoms with Gasteiger partial charge in [-0.2, -0.15) is 0 Å². The Kier molecular flexibility index (Phi) is 6.24. The Hall–Kier alpha value is -2.67. The van der Waals surface area contributed by atoms with Crippen LogP contribution in [0.3, 0.4) is 0 Å². The van der Waals surface area contributed by atoms with E-state index in [2.05, 4.69) is 44.9 Å². The fourth-order valence-corrected chi connectivity index (χ4v) is 4.23. The van der Waals surface area contributed by atoms with Crippen molar-refractivity contribution in [1.82, 2.24) is 20.2 Å². The van der Waals surface area contributed by atoms with Gasteiger partial charge in [0.25, 0.3) is 0 Å². The number of rotatable bonds is 6. The van der Waals surface area contributed by atoms with Crippen LogP contribution in [0.5, 0.6) is 0 Å². The molecule has 7 heteroatoms. The van der Waals surface area contributed by atoms with E-state index in [-0.39, 0.29) is 11.9 Å².